The van der Waals surface area contributed by atoms with E-state index in [-0.39, 0.29) is 5.82 Å². The third kappa shape index (κ3) is 3.48. The minimum atomic E-state index is -0.359. The Morgan fingerprint density at radius 2 is 1.83 bits per heavy atom. The van der Waals surface area contributed by atoms with E-state index < -0.39 is 0 Å². The van der Waals surface area contributed by atoms with E-state index in [1.807, 2.05) is 24.3 Å². The van der Waals surface area contributed by atoms with Crippen LogP contribution in [0.15, 0.2) is 48.8 Å². The largest absolute Gasteiger partial charge is 0.497 e. The molecule has 0 spiro atoms. The van der Waals surface area contributed by atoms with Gasteiger partial charge in [0.05, 0.1) is 13.7 Å². The van der Waals surface area contributed by atoms with E-state index in [4.69, 9.17) is 9.47 Å². The van der Waals surface area contributed by atoms with Gasteiger partial charge in [0, 0.05) is 5.39 Å². The van der Waals surface area contributed by atoms with Gasteiger partial charge in [0.15, 0.2) is 0 Å². The van der Waals surface area contributed by atoms with Crippen LogP contribution in [0.4, 0.5) is 10.2 Å². The number of fused-ring (bicyclic) bond motifs is 1. The summed E-state index contributed by atoms with van der Waals surface area (Å²) >= 11 is 0. The zero-order valence-electron chi connectivity index (χ0n) is 12.6. The van der Waals surface area contributed by atoms with Crippen molar-refractivity contribution in [1.82, 2.24) is 9.97 Å². The Morgan fingerprint density at radius 1 is 1.04 bits per heavy atom. The predicted octanol–water partition coefficient (Wildman–Crippen LogP) is 3.27. The molecule has 1 aromatic heterocycles. The van der Waals surface area contributed by atoms with E-state index in [0.717, 1.165) is 11.5 Å². The maximum absolute atomic E-state index is 13.7. The van der Waals surface area contributed by atoms with Gasteiger partial charge in [-0.05, 0) is 36.4 Å². The van der Waals surface area contributed by atoms with Crippen LogP contribution in [0.25, 0.3) is 10.9 Å². The van der Waals surface area contributed by atoms with Crippen LogP contribution in [0.3, 0.4) is 0 Å². The summed E-state index contributed by atoms with van der Waals surface area (Å²) in [6.07, 6.45) is 1.35. The smallest absolute Gasteiger partial charge is 0.149 e. The van der Waals surface area contributed by atoms with E-state index in [0.29, 0.717) is 29.9 Å². The fraction of sp³-hybridized carbons (Fsp3) is 0.176. The maximum Gasteiger partial charge on any atom is 0.149 e. The van der Waals surface area contributed by atoms with E-state index >= 15 is 0 Å². The topological polar surface area (TPSA) is 56.3 Å². The standard InChI is InChI=1S/C17H16FN3O2/c1-22-12-5-7-13(8-6-12)23-10-9-19-17-14-3-2-4-15(18)16(14)20-11-21-17/h2-8,11H,9-10H2,1H3,(H,19,20,21). The molecule has 0 radical (unpaired) electrons. The first kappa shape index (κ1) is 15.0. The summed E-state index contributed by atoms with van der Waals surface area (Å²) in [7, 11) is 1.62. The molecule has 0 aliphatic carbocycles. The van der Waals surface area contributed by atoms with Crippen LogP contribution in [-0.4, -0.2) is 30.2 Å². The van der Waals surface area contributed by atoms with Gasteiger partial charge >= 0.3 is 0 Å². The molecular weight excluding hydrogens is 297 g/mol. The average Bonchev–Trinajstić information content (AvgIpc) is 2.60. The number of halogens is 1. The highest BCUT2D eigenvalue weighted by Crippen LogP contribution is 2.21. The lowest BCUT2D eigenvalue weighted by molar-refractivity contribution is 0.331. The van der Waals surface area contributed by atoms with Crippen LogP contribution in [-0.2, 0) is 0 Å². The van der Waals surface area contributed by atoms with Crippen molar-refractivity contribution in [2.75, 3.05) is 25.6 Å². The number of nitrogens with zero attached hydrogens (tertiary/aromatic N) is 2. The summed E-state index contributed by atoms with van der Waals surface area (Å²) < 4.78 is 24.4. The molecule has 0 saturated carbocycles. The van der Waals surface area contributed by atoms with Crippen LogP contribution >= 0.6 is 0 Å². The number of aromatic nitrogens is 2. The molecule has 0 bridgehead atoms. The monoisotopic (exact) mass is 313 g/mol. The lowest BCUT2D eigenvalue weighted by atomic mass is 10.2. The second-order valence-corrected chi connectivity index (χ2v) is 4.81. The van der Waals surface area contributed by atoms with Crippen LogP contribution in [0, 0.1) is 5.82 Å². The molecule has 3 aromatic rings. The molecular formula is C17H16FN3O2. The number of para-hydroxylation sites is 1. The Kier molecular flexibility index (Phi) is 4.52. The highest BCUT2D eigenvalue weighted by Gasteiger charge is 2.06. The summed E-state index contributed by atoms with van der Waals surface area (Å²) in [5.41, 5.74) is 0.307. The van der Waals surface area contributed by atoms with Gasteiger partial charge in [-0.2, -0.15) is 0 Å². The van der Waals surface area contributed by atoms with E-state index in [2.05, 4.69) is 15.3 Å². The van der Waals surface area contributed by atoms with Gasteiger partial charge < -0.3 is 14.8 Å². The molecule has 1 N–H and O–H groups in total. The number of hydrogen-bond acceptors (Lipinski definition) is 5. The number of benzene rings is 2. The van der Waals surface area contributed by atoms with Crippen molar-refractivity contribution < 1.29 is 13.9 Å². The number of rotatable bonds is 6. The van der Waals surface area contributed by atoms with E-state index in [1.165, 1.54) is 12.4 Å². The van der Waals surface area contributed by atoms with Crippen LogP contribution < -0.4 is 14.8 Å². The van der Waals surface area contributed by atoms with Gasteiger partial charge in [0.25, 0.3) is 0 Å². The molecule has 5 nitrogen and oxygen atoms in total. The summed E-state index contributed by atoms with van der Waals surface area (Å²) in [4.78, 5) is 8.12. The Balaban J connectivity index is 1.59. The SMILES string of the molecule is COc1ccc(OCCNc2ncnc3c(F)cccc23)cc1. The highest BCUT2D eigenvalue weighted by atomic mass is 19.1. The second-order valence-electron chi connectivity index (χ2n) is 4.81. The lowest BCUT2D eigenvalue weighted by Crippen LogP contribution is -2.12. The molecule has 3 rings (SSSR count). The maximum atomic E-state index is 13.7. The Bertz CT molecular complexity index is 793. The molecule has 23 heavy (non-hydrogen) atoms. The van der Waals surface area contributed by atoms with Crippen LogP contribution in [0.5, 0.6) is 11.5 Å². The van der Waals surface area contributed by atoms with E-state index in [9.17, 15) is 4.39 Å². The minimum Gasteiger partial charge on any atom is -0.497 e. The van der Waals surface area contributed by atoms with Crippen molar-refractivity contribution >= 4 is 16.7 Å². The molecule has 118 valence electrons. The summed E-state index contributed by atoms with van der Waals surface area (Å²) in [6, 6.07) is 12.2. The van der Waals surface area contributed by atoms with Crippen molar-refractivity contribution in [3.05, 3.63) is 54.6 Å². The molecule has 0 amide bonds. The zero-order valence-corrected chi connectivity index (χ0v) is 12.6. The third-order valence-corrected chi connectivity index (χ3v) is 3.34. The van der Waals surface area contributed by atoms with Gasteiger partial charge in [-0.25, -0.2) is 14.4 Å². The van der Waals surface area contributed by atoms with Crippen molar-refractivity contribution in [2.24, 2.45) is 0 Å². The molecule has 0 unspecified atom stereocenters. The number of anilines is 1. The molecule has 1 heterocycles. The van der Waals surface area contributed by atoms with Crippen molar-refractivity contribution in [3.8, 4) is 11.5 Å². The average molecular weight is 313 g/mol. The predicted molar refractivity (Wildman–Crippen MR) is 86.5 cm³/mol. The summed E-state index contributed by atoms with van der Waals surface area (Å²) in [6.45, 7) is 0.988. The Hall–Kier alpha value is -2.89. The van der Waals surface area contributed by atoms with Gasteiger partial charge in [-0.3, -0.25) is 0 Å². The first-order chi connectivity index (χ1) is 11.3. The number of hydrogen-bond donors (Lipinski definition) is 1. The van der Waals surface area contributed by atoms with Gasteiger partial charge in [0.2, 0.25) is 0 Å². The zero-order chi connectivity index (χ0) is 16.1. The highest BCUT2D eigenvalue weighted by molar-refractivity contribution is 5.89. The minimum absolute atomic E-state index is 0.307. The molecule has 0 aliphatic heterocycles. The second kappa shape index (κ2) is 6.91. The Morgan fingerprint density at radius 3 is 2.61 bits per heavy atom. The van der Waals surface area contributed by atoms with Crippen molar-refractivity contribution in [3.63, 3.8) is 0 Å². The molecule has 0 fully saturated rings. The fourth-order valence-corrected chi connectivity index (χ4v) is 2.20. The van der Waals surface area contributed by atoms with Crippen LogP contribution in [0.2, 0.25) is 0 Å². The summed E-state index contributed by atoms with van der Waals surface area (Å²) in [5, 5.41) is 3.79. The molecule has 6 heteroatoms. The molecule has 2 aromatic carbocycles. The lowest BCUT2D eigenvalue weighted by Gasteiger charge is -2.10. The van der Waals surface area contributed by atoms with Gasteiger partial charge in [-0.15, -0.1) is 0 Å². The summed E-state index contributed by atoms with van der Waals surface area (Å²) in [5.74, 6) is 1.77. The third-order valence-electron chi connectivity index (χ3n) is 3.34. The molecule has 0 atom stereocenters. The molecule has 0 saturated heterocycles. The van der Waals surface area contributed by atoms with Gasteiger partial charge in [-0.1, -0.05) is 6.07 Å². The molecule has 0 aliphatic rings. The number of methoxy groups -OCH3 is 1. The number of nitrogens with one attached hydrogen (secondary N) is 1. The van der Waals surface area contributed by atoms with Crippen molar-refractivity contribution in [1.29, 1.82) is 0 Å². The van der Waals surface area contributed by atoms with Crippen LogP contribution in [0.1, 0.15) is 0 Å². The first-order valence-corrected chi connectivity index (χ1v) is 7.18. The van der Waals surface area contributed by atoms with Crippen molar-refractivity contribution in [2.45, 2.75) is 0 Å². The quantitative estimate of drug-likeness (QED) is 0.708. The van der Waals surface area contributed by atoms with Gasteiger partial charge in [0.1, 0.15) is 41.6 Å². The first-order valence-electron chi connectivity index (χ1n) is 7.18. The Labute approximate surface area is 133 Å². The fourth-order valence-electron chi connectivity index (χ4n) is 2.20. The number of ether oxygens (including phenoxy) is 2. The normalized spacial score (nSPS) is 10.5. The van der Waals surface area contributed by atoms with E-state index in [1.54, 1.807) is 19.2 Å².